The van der Waals surface area contributed by atoms with Crippen molar-refractivity contribution >= 4 is 17.8 Å². The number of hydrazine groups is 1. The molecule has 0 saturated carbocycles. The molecule has 1 aliphatic rings. The summed E-state index contributed by atoms with van der Waals surface area (Å²) in [6.45, 7) is 2.18. The summed E-state index contributed by atoms with van der Waals surface area (Å²) >= 11 is 0. The molecule has 0 radical (unpaired) electrons. The van der Waals surface area contributed by atoms with Crippen LogP contribution in [0.1, 0.15) is 32.6 Å². The van der Waals surface area contributed by atoms with Crippen LogP contribution >= 0.6 is 0 Å². The lowest BCUT2D eigenvalue weighted by atomic mass is 10.0. The molecule has 0 bridgehead atoms. The maximum atomic E-state index is 11.7. The highest BCUT2D eigenvalue weighted by molar-refractivity contribution is 5.88. The van der Waals surface area contributed by atoms with Gasteiger partial charge < -0.3 is 4.74 Å². The van der Waals surface area contributed by atoms with Gasteiger partial charge in [0.15, 0.2) is 0 Å². The molecule has 96 valence electrons. The lowest BCUT2D eigenvalue weighted by Crippen LogP contribution is -2.54. The molecule has 1 aliphatic heterocycles. The van der Waals surface area contributed by atoms with E-state index in [1.165, 1.54) is 12.1 Å². The third-order valence-electron chi connectivity index (χ3n) is 2.67. The van der Waals surface area contributed by atoms with Crippen LogP contribution in [0.2, 0.25) is 0 Å². The maximum absolute atomic E-state index is 11.7. The Morgan fingerprint density at radius 1 is 1.53 bits per heavy atom. The largest absolute Gasteiger partial charge is 0.469 e. The second-order valence-electron chi connectivity index (χ2n) is 4.07. The molecule has 6 heteroatoms. The average Bonchev–Trinajstić information content (AvgIpc) is 2.34. The molecule has 1 N–H and O–H groups in total. The van der Waals surface area contributed by atoms with Crippen molar-refractivity contribution < 1.29 is 19.1 Å². The molecule has 0 aliphatic carbocycles. The molecule has 1 fully saturated rings. The Kier molecular flexibility index (Phi) is 4.93. The summed E-state index contributed by atoms with van der Waals surface area (Å²) in [6, 6.07) is 0. The fourth-order valence-corrected chi connectivity index (χ4v) is 1.70. The molecule has 17 heavy (non-hydrogen) atoms. The lowest BCUT2D eigenvalue weighted by Gasteiger charge is -2.31. The first kappa shape index (κ1) is 13.5. The van der Waals surface area contributed by atoms with Gasteiger partial charge in [0, 0.05) is 12.8 Å². The fraction of sp³-hybridized carbons (Fsp3) is 0.727. The molecule has 0 aromatic carbocycles. The number of unbranched alkanes of at least 4 members (excludes halogenated alkanes) is 1. The minimum atomic E-state index is -0.556. The second kappa shape index (κ2) is 6.22. The number of methoxy groups -OCH3 is 1. The Morgan fingerprint density at radius 2 is 2.24 bits per heavy atom. The van der Waals surface area contributed by atoms with Gasteiger partial charge in [0.05, 0.1) is 19.6 Å². The van der Waals surface area contributed by atoms with Crippen LogP contribution in [-0.2, 0) is 19.1 Å². The van der Waals surface area contributed by atoms with E-state index >= 15 is 0 Å². The summed E-state index contributed by atoms with van der Waals surface area (Å²) in [5.74, 6) is -1.49. The van der Waals surface area contributed by atoms with Crippen molar-refractivity contribution in [2.75, 3.05) is 13.7 Å². The highest BCUT2D eigenvalue weighted by Gasteiger charge is 2.32. The van der Waals surface area contributed by atoms with E-state index < -0.39 is 11.9 Å². The Labute approximate surface area is 100 Å². The Bertz CT molecular complexity index is 317. The van der Waals surface area contributed by atoms with E-state index in [0.717, 1.165) is 12.8 Å². The van der Waals surface area contributed by atoms with E-state index in [9.17, 15) is 14.4 Å². The van der Waals surface area contributed by atoms with Gasteiger partial charge in [-0.25, -0.2) is 0 Å². The summed E-state index contributed by atoms with van der Waals surface area (Å²) in [4.78, 5) is 34.4. The number of nitrogens with zero attached hydrogens (tertiary/aromatic N) is 1. The van der Waals surface area contributed by atoms with Gasteiger partial charge >= 0.3 is 5.97 Å². The molecular weight excluding hydrogens is 224 g/mol. The smallest absolute Gasteiger partial charge is 0.311 e. The first-order chi connectivity index (χ1) is 8.08. The summed E-state index contributed by atoms with van der Waals surface area (Å²) in [7, 11) is 1.28. The molecule has 1 unspecified atom stereocenters. The Morgan fingerprint density at radius 3 is 2.82 bits per heavy atom. The number of carbonyl (C=O) groups excluding carboxylic acids is 3. The molecule has 2 amide bonds. The highest BCUT2D eigenvalue weighted by atomic mass is 16.5. The number of hydrogen-bond acceptors (Lipinski definition) is 4. The summed E-state index contributed by atoms with van der Waals surface area (Å²) in [5, 5.41) is 1.23. The second-order valence-corrected chi connectivity index (χ2v) is 4.07. The molecule has 0 spiro atoms. The monoisotopic (exact) mass is 242 g/mol. The van der Waals surface area contributed by atoms with E-state index in [-0.39, 0.29) is 24.8 Å². The van der Waals surface area contributed by atoms with Crippen LogP contribution in [0.3, 0.4) is 0 Å². The van der Waals surface area contributed by atoms with Crippen LogP contribution in [0, 0.1) is 5.92 Å². The van der Waals surface area contributed by atoms with Gasteiger partial charge in [0.25, 0.3) is 0 Å². The van der Waals surface area contributed by atoms with Crippen molar-refractivity contribution in [1.29, 1.82) is 0 Å². The van der Waals surface area contributed by atoms with E-state index in [1.54, 1.807) is 0 Å². The van der Waals surface area contributed by atoms with Crippen LogP contribution in [-0.4, -0.2) is 36.4 Å². The van der Waals surface area contributed by atoms with Crippen LogP contribution in [0.5, 0.6) is 0 Å². The van der Waals surface area contributed by atoms with Crippen molar-refractivity contribution in [3.63, 3.8) is 0 Å². The van der Waals surface area contributed by atoms with E-state index in [4.69, 9.17) is 0 Å². The third-order valence-corrected chi connectivity index (χ3v) is 2.67. The number of ether oxygens (including phenoxy) is 1. The van der Waals surface area contributed by atoms with Gasteiger partial charge in [-0.2, -0.15) is 0 Å². The third kappa shape index (κ3) is 3.72. The normalized spacial score (nSPS) is 19.8. The molecular formula is C11H18N2O4. The van der Waals surface area contributed by atoms with Gasteiger partial charge in [-0.05, 0) is 6.42 Å². The first-order valence-electron chi connectivity index (χ1n) is 5.76. The number of carbonyl (C=O) groups is 3. The number of nitrogens with one attached hydrogen (secondary N) is 1. The van der Waals surface area contributed by atoms with Gasteiger partial charge in [-0.3, -0.25) is 24.8 Å². The van der Waals surface area contributed by atoms with Crippen molar-refractivity contribution in [2.24, 2.45) is 5.92 Å². The number of esters is 1. The van der Waals surface area contributed by atoms with Crippen LogP contribution < -0.4 is 5.43 Å². The van der Waals surface area contributed by atoms with Crippen LogP contribution in [0.15, 0.2) is 0 Å². The number of hydrogen-bond donors (Lipinski definition) is 1. The SMILES string of the molecule is CCCCC(=O)N1CC(C(=O)OC)CC(=O)N1. The molecule has 1 saturated heterocycles. The topological polar surface area (TPSA) is 75.7 Å². The van der Waals surface area contributed by atoms with E-state index in [0.29, 0.717) is 6.42 Å². The highest BCUT2D eigenvalue weighted by Crippen LogP contribution is 2.13. The minimum absolute atomic E-state index is 0.0736. The van der Waals surface area contributed by atoms with Gasteiger partial charge in [-0.15, -0.1) is 0 Å². The van der Waals surface area contributed by atoms with Crippen molar-refractivity contribution in [3.05, 3.63) is 0 Å². The summed E-state index contributed by atoms with van der Waals surface area (Å²) < 4.78 is 4.59. The molecule has 0 aromatic heterocycles. The number of rotatable bonds is 4. The first-order valence-corrected chi connectivity index (χ1v) is 5.76. The zero-order valence-corrected chi connectivity index (χ0v) is 10.2. The summed E-state index contributed by atoms with van der Waals surface area (Å²) in [6.07, 6.45) is 2.14. The van der Waals surface area contributed by atoms with Crippen molar-refractivity contribution in [1.82, 2.24) is 10.4 Å². The molecule has 1 atom stereocenters. The lowest BCUT2D eigenvalue weighted by molar-refractivity contribution is -0.156. The van der Waals surface area contributed by atoms with Crippen molar-refractivity contribution in [3.8, 4) is 0 Å². The van der Waals surface area contributed by atoms with Gasteiger partial charge in [0.1, 0.15) is 0 Å². The van der Waals surface area contributed by atoms with Crippen molar-refractivity contribution in [2.45, 2.75) is 32.6 Å². The van der Waals surface area contributed by atoms with Gasteiger partial charge in [0.2, 0.25) is 11.8 Å². The minimum Gasteiger partial charge on any atom is -0.469 e. The Hall–Kier alpha value is -1.59. The van der Waals surface area contributed by atoms with Crippen LogP contribution in [0.25, 0.3) is 0 Å². The van der Waals surface area contributed by atoms with Crippen LogP contribution in [0.4, 0.5) is 0 Å². The maximum Gasteiger partial charge on any atom is 0.311 e. The van der Waals surface area contributed by atoms with E-state index in [1.807, 2.05) is 6.92 Å². The molecule has 1 heterocycles. The standard InChI is InChI=1S/C11H18N2O4/c1-3-4-5-10(15)13-7-8(11(16)17-2)6-9(14)12-13/h8H,3-7H2,1-2H3,(H,12,14). The predicted molar refractivity (Wildman–Crippen MR) is 59.5 cm³/mol. The fourth-order valence-electron chi connectivity index (χ4n) is 1.70. The summed E-state index contributed by atoms with van der Waals surface area (Å²) in [5.41, 5.74) is 2.47. The number of amides is 2. The van der Waals surface area contributed by atoms with Gasteiger partial charge in [-0.1, -0.05) is 13.3 Å². The molecule has 1 rings (SSSR count). The quantitative estimate of drug-likeness (QED) is 0.716. The van der Waals surface area contributed by atoms with E-state index in [2.05, 4.69) is 10.2 Å². The zero-order chi connectivity index (χ0) is 12.8. The molecule has 0 aromatic rings. The zero-order valence-electron chi connectivity index (χ0n) is 10.2. The average molecular weight is 242 g/mol. The predicted octanol–water partition coefficient (Wildman–Crippen LogP) is 0.229. The Balaban J connectivity index is 2.58. The molecule has 6 nitrogen and oxygen atoms in total.